The Hall–Kier alpha value is -1.01. The molecule has 7 nitrogen and oxygen atoms in total. The number of carbonyl (C=O) groups excluding carboxylic acids is 1. The largest absolute Gasteiger partial charge is 0.790 e. The number of carboxylic acids is 1. The van der Waals surface area contributed by atoms with Crippen LogP contribution < -0.4 is 5.11 Å². The van der Waals surface area contributed by atoms with Crippen LogP contribution in [0.1, 0.15) is 34.1 Å². The lowest BCUT2D eigenvalue weighted by atomic mass is 10.4. The predicted octanol–water partition coefficient (Wildman–Crippen LogP) is 1.10. The summed E-state index contributed by atoms with van der Waals surface area (Å²) in [5.41, 5.74) is 0. The number of hydrogen-bond donors (Lipinski definition) is 0. The molecule has 1 unspecified atom stereocenters. The van der Waals surface area contributed by atoms with E-state index in [4.69, 9.17) is 23.2 Å². The van der Waals surface area contributed by atoms with E-state index in [-0.39, 0.29) is 0 Å². The number of carbonyl (C=O) groups is 1. The maximum Gasteiger partial charge on any atom is 0.790 e. The molecule has 0 saturated heterocycles. The number of hydrogen-bond acceptors (Lipinski definition) is 6. The molecule has 0 N–H and O–H groups in total. The highest BCUT2D eigenvalue weighted by molar-refractivity contribution is 6.54. The maximum absolute atomic E-state index is 10.5. The minimum absolute atomic E-state index is 0.615. The minimum atomic E-state index is -5.19. The van der Waals surface area contributed by atoms with E-state index in [1.54, 1.807) is 0 Å². The highest BCUT2D eigenvalue weighted by Gasteiger charge is 2.66. The second kappa shape index (κ2) is 10.9. The minimum Gasteiger partial charge on any atom is -0.542 e. The Balaban J connectivity index is 0.000000697. The molecule has 0 aromatic rings. The van der Waals surface area contributed by atoms with Crippen molar-refractivity contribution in [2.45, 2.75) is 40.3 Å². The van der Waals surface area contributed by atoms with Crippen molar-refractivity contribution in [1.29, 1.82) is 0 Å². The smallest absolute Gasteiger partial charge is 0.542 e. The van der Waals surface area contributed by atoms with Crippen LogP contribution >= 0.6 is 0 Å². The number of nitrogens with zero attached hydrogens (tertiary/aromatic N) is 2. The van der Waals surface area contributed by atoms with Gasteiger partial charge in [0.25, 0.3) is 0 Å². The molecule has 1 heterocycles. The molecule has 1 atom stereocenters. The Morgan fingerprint density at radius 1 is 1.16 bits per heavy atom. The number of halogens is 3. The Morgan fingerprint density at radius 3 is 1.84 bits per heavy atom. The molecule has 0 aliphatic carbocycles. The zero-order valence-corrected chi connectivity index (χ0v) is 16.1. The van der Waals surface area contributed by atoms with Crippen LogP contribution in [0.2, 0.25) is 0 Å². The SMILES string of the molecule is CCC[N+]1([Si](OCC)(OCC)OCC)C=NCC1.O=C([O-])C(F)(F)F. The van der Waals surface area contributed by atoms with Crippen molar-refractivity contribution in [3.63, 3.8) is 0 Å². The van der Waals surface area contributed by atoms with Gasteiger partial charge in [-0.3, -0.25) is 4.15 Å². The van der Waals surface area contributed by atoms with Crippen LogP contribution in [0.25, 0.3) is 0 Å². The first-order valence-corrected chi connectivity index (χ1v) is 9.89. The summed E-state index contributed by atoms with van der Waals surface area (Å²) in [7, 11) is -2.75. The summed E-state index contributed by atoms with van der Waals surface area (Å²) in [5, 5.41) is 8.78. The fourth-order valence-electron chi connectivity index (χ4n) is 2.48. The highest BCUT2D eigenvalue weighted by Crippen LogP contribution is 2.27. The van der Waals surface area contributed by atoms with Crippen molar-refractivity contribution in [1.82, 2.24) is 0 Å². The molecule has 0 aromatic carbocycles. The molecule has 1 aliphatic rings. The first-order valence-electron chi connectivity index (χ1n) is 8.22. The van der Waals surface area contributed by atoms with Gasteiger partial charge in [-0.1, -0.05) is 6.92 Å². The van der Waals surface area contributed by atoms with E-state index in [0.717, 1.165) is 26.1 Å². The van der Waals surface area contributed by atoms with Crippen molar-refractivity contribution >= 4 is 21.3 Å². The van der Waals surface area contributed by atoms with Crippen LogP contribution in [0.4, 0.5) is 13.2 Å². The predicted molar refractivity (Wildman–Crippen MR) is 85.3 cm³/mol. The Kier molecular flexibility index (Phi) is 10.4. The Labute approximate surface area is 147 Å². The molecule has 0 fully saturated rings. The Morgan fingerprint density at radius 2 is 1.60 bits per heavy atom. The molecule has 0 saturated carbocycles. The van der Waals surface area contributed by atoms with E-state index < -0.39 is 21.1 Å². The second-order valence-corrected chi connectivity index (χ2v) is 7.92. The molecule has 0 spiro atoms. The van der Waals surface area contributed by atoms with E-state index in [9.17, 15) is 13.2 Å². The molecule has 1 rings (SSSR count). The average Bonchev–Trinajstić information content (AvgIpc) is 2.98. The topological polar surface area (TPSA) is 80.2 Å². The number of quaternary nitrogens is 1. The molecule has 0 aromatic heterocycles. The van der Waals surface area contributed by atoms with Crippen LogP contribution in [0.3, 0.4) is 0 Å². The number of aliphatic carboxylic acids is 1. The van der Waals surface area contributed by atoms with Crippen LogP contribution in [-0.4, -0.2) is 71.1 Å². The summed E-state index contributed by atoms with van der Waals surface area (Å²) in [6, 6.07) is 0. The van der Waals surface area contributed by atoms with Gasteiger partial charge >= 0.3 is 15.1 Å². The van der Waals surface area contributed by atoms with Gasteiger partial charge in [0.2, 0.25) is 0 Å². The number of rotatable bonds is 9. The third-order valence-electron chi connectivity index (χ3n) is 3.31. The van der Waals surface area contributed by atoms with Gasteiger partial charge in [-0.25, -0.2) is 4.99 Å². The van der Waals surface area contributed by atoms with E-state index in [1.165, 1.54) is 0 Å². The van der Waals surface area contributed by atoms with Crippen LogP contribution in [0.15, 0.2) is 4.99 Å². The van der Waals surface area contributed by atoms with E-state index in [0.29, 0.717) is 24.0 Å². The summed E-state index contributed by atoms with van der Waals surface area (Å²) in [6.07, 6.45) is -2.13. The van der Waals surface area contributed by atoms with Crippen molar-refractivity contribution < 1.29 is 40.5 Å². The van der Waals surface area contributed by atoms with Gasteiger partial charge in [-0.2, -0.15) is 13.2 Å². The number of carboxylic acid groups (broad SMARTS) is 1. The standard InChI is InChI=1S/C12H27N2O3Si.C2HF3O2/c1-5-10-14(11-9-13-12-14)18(15-6-2,16-7-3)17-8-4;3-2(4,5)1(6)7/h12H,5-11H2,1-4H3;(H,6,7)/q+1;/p-1. The molecule has 0 radical (unpaired) electrons. The highest BCUT2D eigenvalue weighted by atomic mass is 28.4. The summed E-state index contributed by atoms with van der Waals surface area (Å²) in [4.78, 5) is 13.2. The molecular formula is C14H27F3N2O5Si. The summed E-state index contributed by atoms with van der Waals surface area (Å²) < 4.78 is 50.3. The van der Waals surface area contributed by atoms with E-state index in [2.05, 4.69) is 11.9 Å². The van der Waals surface area contributed by atoms with Gasteiger partial charge < -0.3 is 23.2 Å². The van der Waals surface area contributed by atoms with Gasteiger partial charge in [0, 0.05) is 19.8 Å². The quantitative estimate of drug-likeness (QED) is 0.553. The lowest BCUT2D eigenvalue weighted by Crippen LogP contribution is -2.72. The second-order valence-electron chi connectivity index (χ2n) is 5.11. The van der Waals surface area contributed by atoms with Gasteiger partial charge in [0.05, 0.1) is 19.6 Å². The van der Waals surface area contributed by atoms with Crippen LogP contribution in [0.5, 0.6) is 0 Å². The first kappa shape index (κ1) is 24.0. The maximum atomic E-state index is 10.5. The number of aliphatic imine (C=N–C) groups is 1. The molecule has 25 heavy (non-hydrogen) atoms. The summed E-state index contributed by atoms with van der Waals surface area (Å²) >= 11 is 0. The zero-order valence-electron chi connectivity index (χ0n) is 15.1. The fourth-order valence-corrected chi connectivity index (χ4v) is 5.69. The van der Waals surface area contributed by atoms with Gasteiger partial charge in [-0.15, -0.1) is 0 Å². The normalized spacial score (nSPS) is 20.3. The van der Waals surface area contributed by atoms with Gasteiger partial charge in [0.1, 0.15) is 5.97 Å². The third kappa shape index (κ3) is 6.66. The molecular weight excluding hydrogens is 361 g/mol. The lowest BCUT2D eigenvalue weighted by Gasteiger charge is -2.41. The van der Waals surface area contributed by atoms with Crippen molar-refractivity contribution in [3.8, 4) is 0 Å². The summed E-state index contributed by atoms with van der Waals surface area (Å²) in [5.74, 6) is -3.01. The van der Waals surface area contributed by atoms with E-state index in [1.807, 2.05) is 27.1 Å². The molecule has 0 amide bonds. The summed E-state index contributed by atoms with van der Waals surface area (Å²) in [6.45, 7) is 12.7. The van der Waals surface area contributed by atoms with Gasteiger partial charge in [0.15, 0.2) is 6.34 Å². The Bertz CT molecular complexity index is 420. The fraction of sp³-hybridized carbons (Fsp3) is 0.857. The molecule has 0 bridgehead atoms. The van der Waals surface area contributed by atoms with Crippen molar-refractivity contribution in [3.05, 3.63) is 0 Å². The average molecular weight is 388 g/mol. The van der Waals surface area contributed by atoms with Gasteiger partial charge in [-0.05, 0) is 27.2 Å². The molecule has 1 aliphatic heterocycles. The molecule has 148 valence electrons. The lowest BCUT2D eigenvalue weighted by molar-refractivity contribution is -0.757. The third-order valence-corrected chi connectivity index (χ3v) is 6.92. The number of alkyl halides is 3. The monoisotopic (exact) mass is 388 g/mol. The van der Waals surface area contributed by atoms with Crippen molar-refractivity contribution in [2.75, 3.05) is 39.5 Å². The molecule has 11 heteroatoms. The van der Waals surface area contributed by atoms with E-state index >= 15 is 0 Å². The van der Waals surface area contributed by atoms with Crippen LogP contribution in [0, 0.1) is 0 Å². The van der Waals surface area contributed by atoms with Crippen LogP contribution in [-0.2, 0) is 18.1 Å². The first-order chi connectivity index (χ1) is 11.6. The van der Waals surface area contributed by atoms with Crippen molar-refractivity contribution in [2.24, 2.45) is 4.99 Å². The zero-order chi connectivity index (χ0) is 19.6.